The summed E-state index contributed by atoms with van der Waals surface area (Å²) in [6.45, 7) is 0.845. The second-order valence-corrected chi connectivity index (χ2v) is 3.24. The van der Waals surface area contributed by atoms with Gasteiger partial charge in [0.25, 0.3) is 5.69 Å². The third-order valence-electron chi connectivity index (χ3n) is 2.26. The maximum absolute atomic E-state index is 10.5. The number of nitro groups is 1. The molecule has 4 nitrogen and oxygen atoms in total. The Labute approximate surface area is 81.4 Å². The molecule has 0 amide bonds. The van der Waals surface area contributed by atoms with Gasteiger partial charge in [0.1, 0.15) is 0 Å². The number of nitrogens with zero attached hydrogens (tertiary/aromatic N) is 2. The molecule has 0 saturated carbocycles. The van der Waals surface area contributed by atoms with E-state index in [4.69, 9.17) is 0 Å². The molecule has 0 aromatic heterocycles. The zero-order valence-electron chi connectivity index (χ0n) is 7.64. The lowest BCUT2D eigenvalue weighted by Gasteiger charge is -1.99. The molecule has 0 bridgehead atoms. The van der Waals surface area contributed by atoms with Crippen molar-refractivity contribution in [3.05, 3.63) is 39.9 Å². The van der Waals surface area contributed by atoms with Gasteiger partial charge in [0.05, 0.1) is 4.92 Å². The summed E-state index contributed by atoms with van der Waals surface area (Å²) in [5, 5.41) is 10.5. The number of nitro benzene ring substituents is 1. The van der Waals surface area contributed by atoms with Crippen molar-refractivity contribution < 1.29 is 4.92 Å². The van der Waals surface area contributed by atoms with Crippen molar-refractivity contribution in [1.29, 1.82) is 0 Å². The summed E-state index contributed by atoms with van der Waals surface area (Å²) in [5.41, 5.74) is 2.02. The van der Waals surface area contributed by atoms with Crippen LogP contribution in [0.3, 0.4) is 0 Å². The lowest BCUT2D eigenvalue weighted by Crippen LogP contribution is -1.97. The zero-order valence-corrected chi connectivity index (χ0v) is 7.64. The molecule has 2 rings (SSSR count). The Balaban J connectivity index is 2.34. The summed E-state index contributed by atoms with van der Waals surface area (Å²) < 4.78 is 0. The summed E-state index contributed by atoms with van der Waals surface area (Å²) in [6.07, 6.45) is 1.99. The van der Waals surface area contributed by atoms with E-state index < -0.39 is 0 Å². The van der Waals surface area contributed by atoms with Crippen molar-refractivity contribution in [2.24, 2.45) is 4.99 Å². The first-order valence-electron chi connectivity index (χ1n) is 4.55. The summed E-state index contributed by atoms with van der Waals surface area (Å²) in [7, 11) is 0. The van der Waals surface area contributed by atoms with E-state index in [-0.39, 0.29) is 10.6 Å². The lowest BCUT2D eigenvalue weighted by atomic mass is 10.1. The SMILES string of the molecule is O=[N+]([O-])c1cccc(C2=NCCC2)c1. The molecule has 0 radical (unpaired) electrons. The quantitative estimate of drug-likeness (QED) is 0.530. The van der Waals surface area contributed by atoms with E-state index in [1.807, 2.05) is 6.07 Å². The Morgan fingerprint density at radius 3 is 2.93 bits per heavy atom. The Hall–Kier alpha value is -1.71. The smallest absolute Gasteiger partial charge is 0.270 e. The van der Waals surface area contributed by atoms with Crippen LogP contribution in [0.5, 0.6) is 0 Å². The Morgan fingerprint density at radius 2 is 2.29 bits per heavy atom. The van der Waals surface area contributed by atoms with Gasteiger partial charge in [0.15, 0.2) is 0 Å². The number of benzene rings is 1. The molecule has 0 aliphatic carbocycles. The molecule has 0 N–H and O–H groups in total. The largest absolute Gasteiger partial charge is 0.289 e. The normalized spacial score (nSPS) is 15.3. The molecular formula is C10H10N2O2. The minimum atomic E-state index is -0.376. The van der Waals surface area contributed by atoms with Gasteiger partial charge >= 0.3 is 0 Å². The van der Waals surface area contributed by atoms with Crippen LogP contribution in [0.2, 0.25) is 0 Å². The minimum Gasteiger partial charge on any atom is -0.289 e. The second-order valence-electron chi connectivity index (χ2n) is 3.24. The highest BCUT2D eigenvalue weighted by Gasteiger charge is 2.12. The van der Waals surface area contributed by atoms with Crippen molar-refractivity contribution in [3.8, 4) is 0 Å². The van der Waals surface area contributed by atoms with Gasteiger partial charge in [-0.3, -0.25) is 15.1 Å². The van der Waals surface area contributed by atoms with Gasteiger partial charge in [-0.15, -0.1) is 0 Å². The summed E-state index contributed by atoms with van der Waals surface area (Å²) >= 11 is 0. The van der Waals surface area contributed by atoms with Crippen LogP contribution in [0.4, 0.5) is 5.69 Å². The van der Waals surface area contributed by atoms with E-state index in [1.165, 1.54) is 6.07 Å². The first kappa shape index (κ1) is 8.87. The van der Waals surface area contributed by atoms with Crippen LogP contribution in [-0.2, 0) is 0 Å². The molecule has 1 aliphatic heterocycles. The van der Waals surface area contributed by atoms with E-state index in [1.54, 1.807) is 12.1 Å². The average Bonchev–Trinajstić information content (AvgIpc) is 2.71. The van der Waals surface area contributed by atoms with Crippen LogP contribution in [0, 0.1) is 10.1 Å². The highest BCUT2D eigenvalue weighted by Crippen LogP contribution is 2.18. The van der Waals surface area contributed by atoms with E-state index in [9.17, 15) is 10.1 Å². The second kappa shape index (κ2) is 3.57. The molecule has 0 atom stereocenters. The number of non-ortho nitro benzene ring substituents is 1. The van der Waals surface area contributed by atoms with Crippen molar-refractivity contribution >= 4 is 11.4 Å². The van der Waals surface area contributed by atoms with E-state index in [2.05, 4.69) is 4.99 Å². The highest BCUT2D eigenvalue weighted by atomic mass is 16.6. The molecule has 1 aliphatic rings. The topological polar surface area (TPSA) is 55.5 Å². The molecule has 1 heterocycles. The summed E-state index contributed by atoms with van der Waals surface area (Å²) in [6, 6.07) is 6.66. The van der Waals surface area contributed by atoms with Gasteiger partial charge < -0.3 is 0 Å². The molecule has 0 saturated heterocycles. The van der Waals surface area contributed by atoms with Crippen LogP contribution in [-0.4, -0.2) is 17.2 Å². The average molecular weight is 190 g/mol. The summed E-state index contributed by atoms with van der Waals surface area (Å²) in [4.78, 5) is 14.5. The maximum Gasteiger partial charge on any atom is 0.270 e. The van der Waals surface area contributed by atoms with E-state index in [0.717, 1.165) is 30.7 Å². The van der Waals surface area contributed by atoms with Crippen LogP contribution in [0.25, 0.3) is 0 Å². The molecule has 0 unspecified atom stereocenters. The van der Waals surface area contributed by atoms with Crippen molar-refractivity contribution in [2.45, 2.75) is 12.8 Å². The molecule has 0 fully saturated rings. The lowest BCUT2D eigenvalue weighted by molar-refractivity contribution is -0.384. The maximum atomic E-state index is 10.5. The molecule has 1 aromatic rings. The van der Waals surface area contributed by atoms with Crippen LogP contribution >= 0.6 is 0 Å². The fraction of sp³-hybridized carbons (Fsp3) is 0.300. The standard InChI is InChI=1S/C10H10N2O2/c13-12(14)9-4-1-3-8(7-9)10-5-2-6-11-10/h1,3-4,7H,2,5-6H2. The number of hydrogen-bond acceptors (Lipinski definition) is 3. The number of hydrogen-bond donors (Lipinski definition) is 0. The van der Waals surface area contributed by atoms with Crippen LogP contribution < -0.4 is 0 Å². The molecule has 4 heteroatoms. The van der Waals surface area contributed by atoms with E-state index in [0.29, 0.717) is 0 Å². The zero-order chi connectivity index (χ0) is 9.97. The number of aliphatic imine (C=N–C) groups is 1. The Bertz CT molecular complexity index is 399. The molecular weight excluding hydrogens is 180 g/mol. The van der Waals surface area contributed by atoms with Crippen LogP contribution in [0.1, 0.15) is 18.4 Å². The highest BCUT2D eigenvalue weighted by molar-refractivity contribution is 6.01. The van der Waals surface area contributed by atoms with Crippen molar-refractivity contribution in [3.63, 3.8) is 0 Å². The van der Waals surface area contributed by atoms with Crippen LogP contribution in [0.15, 0.2) is 29.3 Å². The Morgan fingerprint density at radius 1 is 1.43 bits per heavy atom. The van der Waals surface area contributed by atoms with Gasteiger partial charge in [-0.25, -0.2) is 0 Å². The third kappa shape index (κ3) is 1.64. The number of rotatable bonds is 2. The fourth-order valence-corrected chi connectivity index (χ4v) is 1.57. The molecule has 14 heavy (non-hydrogen) atoms. The molecule has 72 valence electrons. The monoisotopic (exact) mass is 190 g/mol. The van der Waals surface area contributed by atoms with E-state index >= 15 is 0 Å². The van der Waals surface area contributed by atoms with Gasteiger partial charge in [-0.05, 0) is 12.8 Å². The minimum absolute atomic E-state index is 0.136. The first-order valence-corrected chi connectivity index (χ1v) is 4.55. The predicted octanol–water partition coefficient (Wildman–Crippen LogP) is 2.18. The van der Waals surface area contributed by atoms with Gasteiger partial charge in [0.2, 0.25) is 0 Å². The van der Waals surface area contributed by atoms with Crippen molar-refractivity contribution in [2.75, 3.05) is 6.54 Å². The first-order chi connectivity index (χ1) is 6.77. The third-order valence-corrected chi connectivity index (χ3v) is 2.26. The van der Waals surface area contributed by atoms with Gasteiger partial charge in [0, 0.05) is 30.0 Å². The molecule has 0 spiro atoms. The summed E-state index contributed by atoms with van der Waals surface area (Å²) in [5.74, 6) is 0. The Kier molecular flexibility index (Phi) is 2.26. The molecule has 1 aromatic carbocycles. The fourth-order valence-electron chi connectivity index (χ4n) is 1.57. The van der Waals surface area contributed by atoms with Gasteiger partial charge in [-0.1, -0.05) is 12.1 Å². The van der Waals surface area contributed by atoms with Gasteiger partial charge in [-0.2, -0.15) is 0 Å². The predicted molar refractivity (Wildman–Crippen MR) is 53.7 cm³/mol. The van der Waals surface area contributed by atoms with Crippen molar-refractivity contribution in [1.82, 2.24) is 0 Å².